The molecule has 0 aromatic rings. The number of hydrogen-bond donors (Lipinski definition) is 1. The van der Waals surface area contributed by atoms with Crippen molar-refractivity contribution in [2.75, 3.05) is 19.3 Å². The highest BCUT2D eigenvalue weighted by Crippen LogP contribution is 2.29. The second kappa shape index (κ2) is 4.63. The summed E-state index contributed by atoms with van der Waals surface area (Å²) in [6.07, 6.45) is 1.24. The third kappa shape index (κ3) is 4.03. The van der Waals surface area contributed by atoms with Crippen molar-refractivity contribution in [3.8, 4) is 0 Å². The van der Waals surface area contributed by atoms with Crippen LogP contribution in [0.1, 0.15) is 33.6 Å². The zero-order valence-electron chi connectivity index (χ0n) is 10.6. The summed E-state index contributed by atoms with van der Waals surface area (Å²) in [4.78, 5) is 0. The highest BCUT2D eigenvalue weighted by atomic mass is 32.2. The van der Waals surface area contributed by atoms with Crippen LogP contribution in [-0.2, 0) is 10.0 Å². The van der Waals surface area contributed by atoms with E-state index in [4.69, 9.17) is 5.11 Å². The summed E-state index contributed by atoms with van der Waals surface area (Å²) in [7, 11) is -1.52. The highest BCUT2D eigenvalue weighted by molar-refractivity contribution is 7.89. The second-order valence-corrected chi connectivity index (χ2v) is 8.16. The number of aliphatic hydroxyl groups excluding tert-OH is 1. The van der Waals surface area contributed by atoms with Gasteiger partial charge < -0.3 is 5.11 Å². The van der Waals surface area contributed by atoms with Crippen LogP contribution in [0.25, 0.3) is 0 Å². The van der Waals surface area contributed by atoms with Gasteiger partial charge in [0.1, 0.15) is 0 Å². The Hall–Kier alpha value is -0.130. The lowest BCUT2D eigenvalue weighted by molar-refractivity contribution is 0.0366. The minimum atomic E-state index is -3.16. The van der Waals surface area contributed by atoms with Gasteiger partial charge >= 0.3 is 0 Å². The predicted molar refractivity (Wildman–Crippen MR) is 64.6 cm³/mol. The fourth-order valence-electron chi connectivity index (χ4n) is 1.98. The third-order valence-corrected chi connectivity index (χ3v) is 5.15. The standard InChI is InChI=1S/C11H23NO3S/c1-11(2,3)8-16(14,15)12(4)7-9-5-10(13)6-9/h9-10,13H,5-8H2,1-4H3. The molecule has 0 aromatic carbocycles. The molecule has 0 bridgehead atoms. The fourth-order valence-corrected chi connectivity index (χ4v) is 3.74. The molecule has 4 nitrogen and oxygen atoms in total. The maximum atomic E-state index is 12.0. The number of rotatable bonds is 4. The Bertz CT molecular complexity index is 326. The van der Waals surface area contributed by atoms with E-state index in [1.807, 2.05) is 20.8 Å². The van der Waals surface area contributed by atoms with E-state index in [1.165, 1.54) is 4.31 Å². The molecular formula is C11H23NO3S. The molecule has 0 atom stereocenters. The number of sulfonamides is 1. The third-order valence-electron chi connectivity index (χ3n) is 2.82. The first kappa shape index (κ1) is 13.9. The van der Waals surface area contributed by atoms with Gasteiger partial charge in [0.15, 0.2) is 0 Å². The molecule has 5 heteroatoms. The van der Waals surface area contributed by atoms with Gasteiger partial charge in [0.2, 0.25) is 10.0 Å². The van der Waals surface area contributed by atoms with Gasteiger partial charge in [-0.05, 0) is 24.2 Å². The van der Waals surface area contributed by atoms with Crippen LogP contribution in [0.3, 0.4) is 0 Å². The van der Waals surface area contributed by atoms with Gasteiger partial charge in [-0.2, -0.15) is 0 Å². The van der Waals surface area contributed by atoms with E-state index in [0.717, 1.165) is 12.8 Å². The highest BCUT2D eigenvalue weighted by Gasteiger charge is 2.32. The van der Waals surface area contributed by atoms with Gasteiger partial charge in [0.25, 0.3) is 0 Å². The summed E-state index contributed by atoms with van der Waals surface area (Å²) in [5, 5.41) is 9.15. The van der Waals surface area contributed by atoms with Crippen LogP contribution >= 0.6 is 0 Å². The Morgan fingerprint density at radius 3 is 2.19 bits per heavy atom. The maximum Gasteiger partial charge on any atom is 0.214 e. The first-order valence-electron chi connectivity index (χ1n) is 5.72. The van der Waals surface area contributed by atoms with Crippen molar-refractivity contribution in [2.24, 2.45) is 11.3 Å². The van der Waals surface area contributed by atoms with E-state index in [1.54, 1.807) is 7.05 Å². The lowest BCUT2D eigenvalue weighted by atomic mass is 9.82. The monoisotopic (exact) mass is 249 g/mol. The second-order valence-electron chi connectivity index (χ2n) is 6.09. The van der Waals surface area contributed by atoms with E-state index < -0.39 is 10.0 Å². The summed E-state index contributed by atoms with van der Waals surface area (Å²) in [6.45, 7) is 6.30. The van der Waals surface area contributed by atoms with Crippen molar-refractivity contribution in [1.82, 2.24) is 4.31 Å². The first-order valence-corrected chi connectivity index (χ1v) is 7.33. The minimum Gasteiger partial charge on any atom is -0.393 e. The molecule has 0 aliphatic heterocycles. The maximum absolute atomic E-state index is 12.0. The van der Waals surface area contributed by atoms with Gasteiger partial charge in [-0.15, -0.1) is 0 Å². The van der Waals surface area contributed by atoms with Crippen molar-refractivity contribution in [2.45, 2.75) is 39.7 Å². The molecule has 1 fully saturated rings. The normalized spacial score (nSPS) is 26.9. The van der Waals surface area contributed by atoms with Crippen LogP contribution in [-0.4, -0.2) is 43.3 Å². The van der Waals surface area contributed by atoms with Crippen LogP contribution in [0, 0.1) is 11.3 Å². The van der Waals surface area contributed by atoms with Gasteiger partial charge in [0.05, 0.1) is 11.9 Å². The molecule has 0 spiro atoms. The number of hydrogen-bond acceptors (Lipinski definition) is 3. The molecule has 1 saturated carbocycles. The Morgan fingerprint density at radius 1 is 1.31 bits per heavy atom. The Labute approximate surface area is 98.7 Å². The van der Waals surface area contributed by atoms with Crippen molar-refractivity contribution < 1.29 is 13.5 Å². The van der Waals surface area contributed by atoms with Gasteiger partial charge in [-0.25, -0.2) is 12.7 Å². The quantitative estimate of drug-likeness (QED) is 0.810. The molecule has 1 aliphatic rings. The van der Waals surface area contributed by atoms with Crippen LogP contribution in [0.4, 0.5) is 0 Å². The minimum absolute atomic E-state index is 0.172. The van der Waals surface area contributed by atoms with Crippen molar-refractivity contribution in [3.63, 3.8) is 0 Å². The number of nitrogens with zero attached hydrogens (tertiary/aromatic N) is 1. The molecular weight excluding hydrogens is 226 g/mol. The molecule has 0 radical (unpaired) electrons. The van der Waals surface area contributed by atoms with E-state index in [2.05, 4.69) is 0 Å². The van der Waals surface area contributed by atoms with Crippen LogP contribution in [0.2, 0.25) is 0 Å². The summed E-state index contributed by atoms with van der Waals surface area (Å²) in [6, 6.07) is 0. The lowest BCUT2D eigenvalue weighted by Gasteiger charge is -2.34. The molecule has 0 heterocycles. The van der Waals surface area contributed by atoms with Crippen LogP contribution < -0.4 is 0 Å². The summed E-state index contributed by atoms with van der Waals surface area (Å²) in [5.41, 5.74) is -0.216. The molecule has 0 aromatic heterocycles. The molecule has 16 heavy (non-hydrogen) atoms. The molecule has 96 valence electrons. The Morgan fingerprint density at radius 2 is 1.81 bits per heavy atom. The van der Waals surface area contributed by atoms with Crippen molar-refractivity contribution >= 4 is 10.0 Å². The zero-order chi connectivity index (χ0) is 12.6. The summed E-state index contributed by atoms with van der Waals surface area (Å²) >= 11 is 0. The van der Waals surface area contributed by atoms with Gasteiger partial charge in [-0.3, -0.25) is 0 Å². The largest absolute Gasteiger partial charge is 0.393 e. The SMILES string of the molecule is CN(CC1CC(O)C1)S(=O)(=O)CC(C)(C)C. The fraction of sp³-hybridized carbons (Fsp3) is 1.00. The van der Waals surface area contributed by atoms with E-state index in [9.17, 15) is 8.42 Å². The average molecular weight is 249 g/mol. The Balaban J connectivity index is 2.49. The molecule has 0 amide bonds. The van der Waals surface area contributed by atoms with Gasteiger partial charge in [0, 0.05) is 13.6 Å². The van der Waals surface area contributed by atoms with Crippen LogP contribution in [0.15, 0.2) is 0 Å². The van der Waals surface area contributed by atoms with E-state index in [0.29, 0.717) is 12.5 Å². The average Bonchev–Trinajstić information content (AvgIpc) is 1.96. The van der Waals surface area contributed by atoms with E-state index in [-0.39, 0.29) is 17.3 Å². The summed E-state index contributed by atoms with van der Waals surface area (Å²) in [5.74, 6) is 0.501. The molecule has 1 rings (SSSR count). The Kier molecular flexibility index (Phi) is 4.03. The van der Waals surface area contributed by atoms with Gasteiger partial charge in [-0.1, -0.05) is 20.8 Å². The summed E-state index contributed by atoms with van der Waals surface area (Å²) < 4.78 is 25.4. The van der Waals surface area contributed by atoms with Crippen molar-refractivity contribution in [1.29, 1.82) is 0 Å². The zero-order valence-corrected chi connectivity index (χ0v) is 11.4. The molecule has 0 saturated heterocycles. The number of aliphatic hydroxyl groups is 1. The lowest BCUT2D eigenvalue weighted by Crippen LogP contribution is -2.41. The van der Waals surface area contributed by atoms with Crippen molar-refractivity contribution in [3.05, 3.63) is 0 Å². The smallest absolute Gasteiger partial charge is 0.214 e. The van der Waals surface area contributed by atoms with E-state index >= 15 is 0 Å². The topological polar surface area (TPSA) is 57.6 Å². The molecule has 1 aliphatic carbocycles. The molecule has 0 unspecified atom stereocenters. The van der Waals surface area contributed by atoms with Crippen LogP contribution in [0.5, 0.6) is 0 Å². The predicted octanol–water partition coefficient (Wildman–Crippen LogP) is 1.06. The first-order chi connectivity index (χ1) is 7.10. The molecule has 1 N–H and O–H groups in total.